The van der Waals surface area contributed by atoms with Gasteiger partial charge in [-0.05, 0) is 52.2 Å². The lowest BCUT2D eigenvalue weighted by Crippen LogP contribution is -2.64. The molecule has 20 heavy (non-hydrogen) atoms. The van der Waals surface area contributed by atoms with E-state index in [0.29, 0.717) is 12.1 Å². The predicted octanol–water partition coefficient (Wildman–Crippen LogP) is 3.84. The third-order valence-electron chi connectivity index (χ3n) is 4.88. The van der Waals surface area contributed by atoms with Crippen LogP contribution in [0, 0.1) is 6.92 Å². The van der Waals surface area contributed by atoms with Gasteiger partial charge < -0.3 is 5.32 Å². The Balaban J connectivity index is 2.06. The summed E-state index contributed by atoms with van der Waals surface area (Å²) in [5, 5.41) is 3.76. The second-order valence-electron chi connectivity index (χ2n) is 6.60. The summed E-state index contributed by atoms with van der Waals surface area (Å²) in [6.07, 6.45) is 3.63. The van der Waals surface area contributed by atoms with E-state index in [4.69, 9.17) is 0 Å². The summed E-state index contributed by atoms with van der Waals surface area (Å²) in [5.41, 5.74) is 0.283. The molecule has 2 nitrogen and oxygen atoms in total. The van der Waals surface area contributed by atoms with Crippen molar-refractivity contribution in [2.24, 2.45) is 0 Å². The largest absolute Gasteiger partial charge is 0.309 e. The minimum atomic E-state index is 0.283. The molecule has 0 amide bonds. The molecule has 1 aromatic heterocycles. The van der Waals surface area contributed by atoms with E-state index >= 15 is 0 Å². The van der Waals surface area contributed by atoms with Gasteiger partial charge in [-0.25, -0.2) is 0 Å². The zero-order valence-corrected chi connectivity index (χ0v) is 14.5. The molecule has 1 fully saturated rings. The molecule has 2 heterocycles. The smallest absolute Gasteiger partial charge is 0.0278 e. The van der Waals surface area contributed by atoms with Crippen molar-refractivity contribution in [3.63, 3.8) is 0 Å². The number of aryl methyl sites for hydroxylation is 1. The fraction of sp³-hybridized carbons (Fsp3) is 0.765. The van der Waals surface area contributed by atoms with Crippen molar-refractivity contribution in [1.82, 2.24) is 10.2 Å². The monoisotopic (exact) mass is 294 g/mol. The molecule has 0 spiro atoms. The van der Waals surface area contributed by atoms with Gasteiger partial charge >= 0.3 is 0 Å². The van der Waals surface area contributed by atoms with Gasteiger partial charge in [-0.1, -0.05) is 13.8 Å². The maximum atomic E-state index is 3.76. The van der Waals surface area contributed by atoms with Gasteiger partial charge in [-0.15, -0.1) is 11.3 Å². The number of thiophene rings is 1. The van der Waals surface area contributed by atoms with Gasteiger partial charge in [0.15, 0.2) is 0 Å². The first-order valence-corrected chi connectivity index (χ1v) is 8.85. The van der Waals surface area contributed by atoms with E-state index in [0.717, 1.165) is 6.54 Å². The molecule has 3 unspecified atom stereocenters. The van der Waals surface area contributed by atoms with E-state index < -0.39 is 0 Å². The molecule has 0 aliphatic carbocycles. The van der Waals surface area contributed by atoms with Crippen LogP contribution >= 0.6 is 11.3 Å². The molecule has 0 aromatic carbocycles. The van der Waals surface area contributed by atoms with E-state index in [1.54, 1.807) is 0 Å². The van der Waals surface area contributed by atoms with E-state index in [9.17, 15) is 0 Å². The summed E-state index contributed by atoms with van der Waals surface area (Å²) < 4.78 is 0. The number of hydrogen-bond acceptors (Lipinski definition) is 3. The number of nitrogens with zero attached hydrogens (tertiary/aromatic N) is 1. The highest BCUT2D eigenvalue weighted by Gasteiger charge is 2.35. The Hall–Kier alpha value is -0.380. The van der Waals surface area contributed by atoms with Crippen molar-refractivity contribution in [2.75, 3.05) is 13.1 Å². The van der Waals surface area contributed by atoms with Gasteiger partial charge in [-0.2, -0.15) is 0 Å². The van der Waals surface area contributed by atoms with Crippen molar-refractivity contribution in [2.45, 2.75) is 71.5 Å². The molecule has 1 aromatic rings. The molecular formula is C17H30N2S. The Morgan fingerprint density at radius 1 is 1.45 bits per heavy atom. The van der Waals surface area contributed by atoms with Crippen molar-refractivity contribution in [1.29, 1.82) is 0 Å². The van der Waals surface area contributed by atoms with Crippen molar-refractivity contribution < 1.29 is 0 Å². The molecule has 3 heteroatoms. The predicted molar refractivity (Wildman–Crippen MR) is 89.7 cm³/mol. The van der Waals surface area contributed by atoms with Gasteiger partial charge in [0, 0.05) is 40.5 Å². The normalized spacial score (nSPS) is 29.6. The maximum absolute atomic E-state index is 3.76. The molecular weight excluding hydrogens is 264 g/mol. The van der Waals surface area contributed by atoms with Gasteiger partial charge in [0.2, 0.25) is 0 Å². The summed E-state index contributed by atoms with van der Waals surface area (Å²) in [6.45, 7) is 13.9. The quantitative estimate of drug-likeness (QED) is 0.887. The van der Waals surface area contributed by atoms with Crippen LogP contribution < -0.4 is 5.32 Å². The molecule has 114 valence electrons. The fourth-order valence-electron chi connectivity index (χ4n) is 3.20. The highest BCUT2D eigenvalue weighted by molar-refractivity contribution is 7.11. The molecule has 0 bridgehead atoms. The first-order valence-electron chi connectivity index (χ1n) is 8.03. The zero-order chi connectivity index (χ0) is 14.8. The summed E-state index contributed by atoms with van der Waals surface area (Å²) in [6, 6.07) is 5.87. The summed E-state index contributed by atoms with van der Waals surface area (Å²) in [7, 11) is 0. The lowest BCUT2D eigenvalue weighted by atomic mass is 9.91. The first-order chi connectivity index (χ1) is 9.47. The van der Waals surface area contributed by atoms with Crippen LogP contribution in [0.3, 0.4) is 0 Å². The SMILES string of the molecule is CCC1CNC(C)(CC)CN1C(C)Cc1ccc(C)s1. The van der Waals surface area contributed by atoms with Crippen molar-refractivity contribution in [3.05, 3.63) is 21.9 Å². The van der Waals surface area contributed by atoms with Crippen LogP contribution in [0.1, 0.15) is 50.3 Å². The van der Waals surface area contributed by atoms with E-state index in [1.165, 1.54) is 35.6 Å². The summed E-state index contributed by atoms with van der Waals surface area (Å²) >= 11 is 1.95. The first kappa shape index (κ1) is 16.0. The van der Waals surface area contributed by atoms with E-state index in [-0.39, 0.29) is 5.54 Å². The van der Waals surface area contributed by atoms with Crippen molar-refractivity contribution in [3.8, 4) is 0 Å². The molecule has 1 aliphatic rings. The van der Waals surface area contributed by atoms with Crippen LogP contribution in [0.25, 0.3) is 0 Å². The molecule has 2 rings (SSSR count). The Morgan fingerprint density at radius 2 is 2.20 bits per heavy atom. The van der Waals surface area contributed by atoms with Crippen LogP contribution in [0.2, 0.25) is 0 Å². The maximum Gasteiger partial charge on any atom is 0.0278 e. The second-order valence-corrected chi connectivity index (χ2v) is 7.97. The Labute approximate surface area is 128 Å². The van der Waals surface area contributed by atoms with Gasteiger partial charge in [0.05, 0.1) is 0 Å². The lowest BCUT2D eigenvalue weighted by molar-refractivity contribution is 0.0501. The second kappa shape index (κ2) is 6.59. The Bertz CT molecular complexity index is 428. The minimum absolute atomic E-state index is 0.283. The lowest BCUT2D eigenvalue weighted by Gasteiger charge is -2.48. The minimum Gasteiger partial charge on any atom is -0.309 e. The summed E-state index contributed by atoms with van der Waals surface area (Å²) in [5.74, 6) is 0. The number of hydrogen-bond donors (Lipinski definition) is 1. The average Bonchev–Trinajstić information content (AvgIpc) is 2.84. The van der Waals surface area contributed by atoms with Crippen molar-refractivity contribution >= 4 is 11.3 Å². The molecule has 1 saturated heterocycles. The van der Waals surface area contributed by atoms with Crippen LogP contribution in [0.15, 0.2) is 12.1 Å². The fourth-order valence-corrected chi connectivity index (χ4v) is 4.21. The van der Waals surface area contributed by atoms with Crippen LogP contribution in [0.4, 0.5) is 0 Å². The van der Waals surface area contributed by atoms with Gasteiger partial charge in [0.25, 0.3) is 0 Å². The number of piperazine rings is 1. The van der Waals surface area contributed by atoms with Gasteiger partial charge in [0.1, 0.15) is 0 Å². The van der Waals surface area contributed by atoms with Gasteiger partial charge in [-0.3, -0.25) is 4.90 Å². The highest BCUT2D eigenvalue weighted by atomic mass is 32.1. The van der Waals surface area contributed by atoms with E-state index in [1.807, 2.05) is 11.3 Å². The molecule has 0 saturated carbocycles. The van der Waals surface area contributed by atoms with Crippen LogP contribution in [0.5, 0.6) is 0 Å². The number of nitrogens with one attached hydrogen (secondary N) is 1. The molecule has 0 radical (unpaired) electrons. The third-order valence-corrected chi connectivity index (χ3v) is 5.90. The highest BCUT2D eigenvalue weighted by Crippen LogP contribution is 2.25. The Morgan fingerprint density at radius 3 is 2.75 bits per heavy atom. The van der Waals surface area contributed by atoms with Crippen LogP contribution in [-0.2, 0) is 6.42 Å². The van der Waals surface area contributed by atoms with E-state index in [2.05, 4.69) is 57.0 Å². The average molecular weight is 295 g/mol. The topological polar surface area (TPSA) is 15.3 Å². The number of rotatable bonds is 5. The zero-order valence-electron chi connectivity index (χ0n) is 13.7. The molecule has 1 N–H and O–H groups in total. The summed E-state index contributed by atoms with van der Waals surface area (Å²) in [4.78, 5) is 5.70. The molecule has 1 aliphatic heterocycles. The standard InChI is InChI=1S/C17H30N2S/c1-6-15-11-18-17(5,7-2)12-19(15)13(3)10-16-9-8-14(4)20-16/h8-9,13,15,18H,6-7,10-12H2,1-5H3. The molecule has 3 atom stereocenters. The Kier molecular flexibility index (Phi) is 5.27. The third kappa shape index (κ3) is 3.63. The van der Waals surface area contributed by atoms with Crippen LogP contribution in [-0.4, -0.2) is 35.6 Å².